The molecule has 4 rings (SSSR count). The number of benzene rings is 1. The van der Waals surface area contributed by atoms with E-state index in [1.54, 1.807) is 6.33 Å². The Hall–Kier alpha value is -2.27. The van der Waals surface area contributed by atoms with Gasteiger partial charge < -0.3 is 9.80 Å². The van der Waals surface area contributed by atoms with Gasteiger partial charge in [0.05, 0.1) is 0 Å². The number of carbonyl (C=O) groups is 1. The Kier molecular flexibility index (Phi) is 4.74. The second-order valence-electron chi connectivity index (χ2n) is 7.12. The summed E-state index contributed by atoms with van der Waals surface area (Å²) in [6.45, 7) is 4.04. The summed E-state index contributed by atoms with van der Waals surface area (Å²) in [7, 11) is 0. The summed E-state index contributed by atoms with van der Waals surface area (Å²) in [5.74, 6) is 1.24. The molecule has 0 N–H and O–H groups in total. The topological polar surface area (TPSA) is 49.3 Å². The van der Waals surface area contributed by atoms with Gasteiger partial charge in [-0.1, -0.05) is 18.2 Å². The second kappa shape index (κ2) is 7.31. The lowest BCUT2D eigenvalue weighted by Gasteiger charge is -2.33. The molecular formula is C20H24N4O. The van der Waals surface area contributed by atoms with E-state index in [4.69, 9.17) is 0 Å². The van der Waals surface area contributed by atoms with Crippen molar-refractivity contribution < 1.29 is 4.79 Å². The minimum Gasteiger partial charge on any atom is -0.312 e. The molecule has 3 heterocycles. The molecule has 5 nitrogen and oxygen atoms in total. The van der Waals surface area contributed by atoms with Gasteiger partial charge in [0.2, 0.25) is 5.91 Å². The number of piperidine rings is 1. The van der Waals surface area contributed by atoms with E-state index >= 15 is 0 Å². The number of likely N-dealkylation sites (tertiary alicyclic amines) is 1. The number of hydrogen-bond donors (Lipinski definition) is 0. The predicted octanol–water partition coefficient (Wildman–Crippen LogP) is 2.71. The number of para-hydroxylation sites is 1. The van der Waals surface area contributed by atoms with Crippen LogP contribution in [0, 0.1) is 5.92 Å². The molecule has 2 aliphatic rings. The number of carbonyl (C=O) groups excluding carboxylic acids is 1. The van der Waals surface area contributed by atoms with Gasteiger partial charge in [-0.3, -0.25) is 4.79 Å². The zero-order valence-electron chi connectivity index (χ0n) is 14.4. The van der Waals surface area contributed by atoms with Crippen molar-refractivity contribution in [2.24, 2.45) is 5.92 Å². The summed E-state index contributed by atoms with van der Waals surface area (Å²) in [6, 6.07) is 12.1. The van der Waals surface area contributed by atoms with Crippen LogP contribution < -0.4 is 4.90 Å². The van der Waals surface area contributed by atoms with E-state index in [2.05, 4.69) is 14.9 Å². The summed E-state index contributed by atoms with van der Waals surface area (Å²) < 4.78 is 0. The lowest BCUT2D eigenvalue weighted by molar-refractivity contribution is -0.117. The highest BCUT2D eigenvalue weighted by molar-refractivity contribution is 5.95. The van der Waals surface area contributed by atoms with E-state index in [1.165, 1.54) is 5.69 Å². The number of hydrogen-bond acceptors (Lipinski definition) is 4. The van der Waals surface area contributed by atoms with Crippen molar-refractivity contribution in [1.82, 2.24) is 14.9 Å². The summed E-state index contributed by atoms with van der Waals surface area (Å²) >= 11 is 0. The molecule has 1 aromatic carbocycles. The number of anilines is 1. The van der Waals surface area contributed by atoms with Crippen LogP contribution in [0.1, 0.15) is 30.9 Å². The molecule has 130 valence electrons. The maximum Gasteiger partial charge on any atom is 0.227 e. The van der Waals surface area contributed by atoms with Crippen LogP contribution in [0.25, 0.3) is 0 Å². The van der Waals surface area contributed by atoms with Gasteiger partial charge in [-0.05, 0) is 50.0 Å². The van der Waals surface area contributed by atoms with E-state index < -0.39 is 0 Å². The maximum atomic E-state index is 12.4. The summed E-state index contributed by atoms with van der Waals surface area (Å²) in [4.78, 5) is 25.2. The molecule has 1 unspecified atom stereocenters. The first kappa shape index (κ1) is 16.2. The van der Waals surface area contributed by atoms with Crippen molar-refractivity contribution in [3.8, 4) is 0 Å². The predicted molar refractivity (Wildman–Crippen MR) is 97.3 cm³/mol. The van der Waals surface area contributed by atoms with Crippen molar-refractivity contribution in [3.63, 3.8) is 0 Å². The van der Waals surface area contributed by atoms with Crippen molar-refractivity contribution in [2.45, 2.75) is 25.2 Å². The summed E-state index contributed by atoms with van der Waals surface area (Å²) in [5.41, 5.74) is 2.19. The van der Waals surface area contributed by atoms with E-state index in [-0.39, 0.29) is 5.91 Å². The highest BCUT2D eigenvalue weighted by Gasteiger charge is 2.32. The molecule has 25 heavy (non-hydrogen) atoms. The molecule has 1 atom stereocenters. The van der Waals surface area contributed by atoms with Crippen LogP contribution in [0.15, 0.2) is 48.9 Å². The maximum absolute atomic E-state index is 12.4. The summed E-state index contributed by atoms with van der Waals surface area (Å²) in [6.07, 6.45) is 6.42. The van der Waals surface area contributed by atoms with Gasteiger partial charge in [0.25, 0.3) is 0 Å². The highest BCUT2D eigenvalue weighted by atomic mass is 16.2. The normalized spacial score (nSPS) is 22.5. The Balaban J connectivity index is 1.30. The van der Waals surface area contributed by atoms with Gasteiger partial charge in [-0.2, -0.15) is 0 Å². The molecule has 0 bridgehead atoms. The lowest BCUT2D eigenvalue weighted by atomic mass is 9.92. The molecule has 0 saturated carbocycles. The van der Waals surface area contributed by atoms with E-state index in [0.717, 1.165) is 44.7 Å². The quantitative estimate of drug-likeness (QED) is 0.861. The first-order valence-electron chi connectivity index (χ1n) is 9.13. The van der Waals surface area contributed by atoms with Crippen LogP contribution in [0.2, 0.25) is 0 Å². The molecule has 1 aromatic heterocycles. The van der Waals surface area contributed by atoms with Crippen molar-refractivity contribution in [3.05, 3.63) is 54.6 Å². The van der Waals surface area contributed by atoms with Crippen LogP contribution in [-0.4, -0.2) is 47.0 Å². The fourth-order valence-corrected chi connectivity index (χ4v) is 4.08. The van der Waals surface area contributed by atoms with Crippen LogP contribution in [0.5, 0.6) is 0 Å². The monoisotopic (exact) mass is 336 g/mol. The number of aromatic nitrogens is 2. The van der Waals surface area contributed by atoms with Crippen LogP contribution >= 0.6 is 0 Å². The third kappa shape index (κ3) is 3.71. The Morgan fingerprint density at radius 3 is 2.60 bits per heavy atom. The average molecular weight is 336 g/mol. The largest absolute Gasteiger partial charge is 0.312 e. The standard InChI is InChI=1S/C20H24N4O/c25-20-12-16(14-24(20)18-4-2-1-3-5-18)13-23-10-7-17(8-11-23)19-6-9-21-15-22-19/h1-6,9,15-17H,7-8,10-14H2. The van der Waals surface area contributed by atoms with Crippen molar-refractivity contribution in [2.75, 3.05) is 31.1 Å². The van der Waals surface area contributed by atoms with Crippen LogP contribution in [0.3, 0.4) is 0 Å². The molecule has 0 spiro atoms. The molecule has 2 aliphatic heterocycles. The third-order valence-electron chi connectivity index (χ3n) is 5.40. The fraction of sp³-hybridized carbons (Fsp3) is 0.450. The molecule has 0 aliphatic carbocycles. The Labute approximate surface area is 148 Å². The van der Waals surface area contributed by atoms with Gasteiger partial charge in [-0.15, -0.1) is 0 Å². The summed E-state index contributed by atoms with van der Waals surface area (Å²) in [5, 5.41) is 0. The SMILES string of the molecule is O=C1CC(CN2CCC(c3ccncn3)CC2)CN1c1ccccc1. The van der Waals surface area contributed by atoms with Gasteiger partial charge in [0.1, 0.15) is 6.33 Å². The average Bonchev–Trinajstić information content (AvgIpc) is 3.04. The van der Waals surface area contributed by atoms with Gasteiger partial charge in [-0.25, -0.2) is 9.97 Å². The first-order valence-corrected chi connectivity index (χ1v) is 9.13. The van der Waals surface area contributed by atoms with Gasteiger partial charge >= 0.3 is 0 Å². The molecular weight excluding hydrogens is 312 g/mol. The smallest absolute Gasteiger partial charge is 0.227 e. The molecule has 2 saturated heterocycles. The second-order valence-corrected chi connectivity index (χ2v) is 7.12. The third-order valence-corrected chi connectivity index (χ3v) is 5.40. The Bertz CT molecular complexity index is 698. The van der Waals surface area contributed by atoms with Gasteiger partial charge in [0.15, 0.2) is 0 Å². The Morgan fingerprint density at radius 2 is 1.88 bits per heavy atom. The van der Waals surface area contributed by atoms with E-state index in [1.807, 2.05) is 47.5 Å². The van der Waals surface area contributed by atoms with Crippen molar-refractivity contribution >= 4 is 11.6 Å². The molecule has 2 fully saturated rings. The molecule has 2 aromatic rings. The van der Waals surface area contributed by atoms with E-state index in [0.29, 0.717) is 18.3 Å². The van der Waals surface area contributed by atoms with Crippen LogP contribution in [0.4, 0.5) is 5.69 Å². The van der Waals surface area contributed by atoms with Crippen LogP contribution in [-0.2, 0) is 4.79 Å². The Morgan fingerprint density at radius 1 is 1.08 bits per heavy atom. The number of nitrogens with zero attached hydrogens (tertiary/aromatic N) is 4. The van der Waals surface area contributed by atoms with E-state index in [9.17, 15) is 4.79 Å². The van der Waals surface area contributed by atoms with Crippen molar-refractivity contribution in [1.29, 1.82) is 0 Å². The number of amides is 1. The fourth-order valence-electron chi connectivity index (χ4n) is 4.08. The molecule has 0 radical (unpaired) electrons. The minimum atomic E-state index is 0.257. The highest BCUT2D eigenvalue weighted by Crippen LogP contribution is 2.29. The zero-order chi connectivity index (χ0) is 17.1. The molecule has 5 heteroatoms. The minimum absolute atomic E-state index is 0.257. The number of rotatable bonds is 4. The van der Waals surface area contributed by atoms with Gasteiger partial charge in [0, 0.05) is 43.0 Å². The first-order chi connectivity index (χ1) is 12.3. The zero-order valence-corrected chi connectivity index (χ0v) is 14.4. The molecule has 1 amide bonds. The lowest BCUT2D eigenvalue weighted by Crippen LogP contribution is -2.37.